The quantitative estimate of drug-likeness (QED) is 0.657. The highest BCUT2D eigenvalue weighted by Gasteiger charge is 2.06. The van der Waals surface area contributed by atoms with Gasteiger partial charge in [-0.15, -0.1) is 5.10 Å². The molecule has 8 heteroatoms. The Morgan fingerprint density at radius 3 is 2.56 bits per heavy atom. The minimum atomic E-state index is -0.890. The maximum Gasteiger partial charge on any atom is 0.321 e. The maximum atomic E-state index is 11.4. The fourth-order valence-electron chi connectivity index (χ4n) is 1.10. The van der Waals surface area contributed by atoms with Crippen molar-refractivity contribution in [1.29, 1.82) is 0 Å². The highest BCUT2D eigenvalue weighted by Crippen LogP contribution is 2.01. The number of carbonyl (C=O) groups excluding carboxylic acids is 1. The number of anilines is 1. The number of nitrogens with zero attached hydrogens (tertiary/aromatic N) is 3. The van der Waals surface area contributed by atoms with Crippen LogP contribution in [0, 0.1) is 13.8 Å². The molecule has 1 aromatic rings. The zero-order valence-electron chi connectivity index (χ0n) is 10.2. The van der Waals surface area contributed by atoms with Gasteiger partial charge >= 0.3 is 12.0 Å². The highest BCUT2D eigenvalue weighted by atomic mass is 16.4. The van der Waals surface area contributed by atoms with E-state index in [1.165, 1.54) is 0 Å². The lowest BCUT2D eigenvalue weighted by Crippen LogP contribution is -2.30. The average molecular weight is 253 g/mol. The molecule has 0 saturated carbocycles. The van der Waals surface area contributed by atoms with E-state index in [0.29, 0.717) is 17.8 Å². The van der Waals surface area contributed by atoms with E-state index in [0.717, 1.165) is 0 Å². The number of hydrogen-bond acceptors (Lipinski definition) is 5. The van der Waals surface area contributed by atoms with Crippen LogP contribution in [0.1, 0.15) is 24.2 Å². The summed E-state index contributed by atoms with van der Waals surface area (Å²) in [5, 5.41) is 20.9. The maximum absolute atomic E-state index is 11.4. The van der Waals surface area contributed by atoms with E-state index < -0.39 is 12.0 Å². The molecule has 1 heterocycles. The molecule has 0 unspecified atom stereocenters. The molecule has 0 spiro atoms. The zero-order chi connectivity index (χ0) is 13.5. The van der Waals surface area contributed by atoms with Crippen LogP contribution in [0.5, 0.6) is 0 Å². The summed E-state index contributed by atoms with van der Waals surface area (Å²) in [4.78, 5) is 25.7. The van der Waals surface area contributed by atoms with Crippen molar-refractivity contribution in [3.05, 3.63) is 11.4 Å². The molecule has 0 bridgehead atoms. The van der Waals surface area contributed by atoms with Gasteiger partial charge in [0.15, 0.2) is 0 Å². The summed E-state index contributed by atoms with van der Waals surface area (Å²) in [6, 6.07) is -0.481. The molecule has 18 heavy (non-hydrogen) atoms. The number of carboxylic acid groups (broad SMARTS) is 1. The first kappa shape index (κ1) is 13.8. The molecule has 1 aromatic heterocycles. The Balaban J connectivity index is 2.35. The third-order valence-electron chi connectivity index (χ3n) is 2.17. The minimum Gasteiger partial charge on any atom is -0.481 e. The first-order valence-corrected chi connectivity index (χ1v) is 5.43. The van der Waals surface area contributed by atoms with Crippen molar-refractivity contribution in [2.45, 2.75) is 26.7 Å². The first-order valence-electron chi connectivity index (χ1n) is 5.43. The van der Waals surface area contributed by atoms with E-state index in [9.17, 15) is 9.59 Å². The molecule has 98 valence electrons. The summed E-state index contributed by atoms with van der Waals surface area (Å²) in [6.45, 7) is 3.81. The van der Waals surface area contributed by atoms with Crippen LogP contribution in [0.3, 0.4) is 0 Å². The van der Waals surface area contributed by atoms with Crippen LogP contribution in [0.15, 0.2) is 0 Å². The number of urea groups is 1. The number of amides is 2. The van der Waals surface area contributed by atoms with Gasteiger partial charge in [0, 0.05) is 13.0 Å². The lowest BCUT2D eigenvalue weighted by Gasteiger charge is -2.06. The van der Waals surface area contributed by atoms with Crippen molar-refractivity contribution in [2.75, 3.05) is 11.9 Å². The fraction of sp³-hybridized carbons (Fsp3) is 0.500. The van der Waals surface area contributed by atoms with Gasteiger partial charge in [-0.3, -0.25) is 10.1 Å². The Kier molecular flexibility index (Phi) is 4.97. The van der Waals surface area contributed by atoms with Gasteiger partial charge in [0.2, 0.25) is 0 Å². The topological polar surface area (TPSA) is 117 Å². The minimum absolute atomic E-state index is 0.0158. The van der Waals surface area contributed by atoms with Gasteiger partial charge < -0.3 is 10.4 Å². The fourth-order valence-corrected chi connectivity index (χ4v) is 1.10. The number of nitrogens with one attached hydrogen (secondary N) is 2. The Hall–Kier alpha value is -2.25. The summed E-state index contributed by atoms with van der Waals surface area (Å²) in [6.07, 6.45) is 0.386. The second-order valence-electron chi connectivity index (χ2n) is 3.68. The van der Waals surface area contributed by atoms with E-state index in [4.69, 9.17) is 5.11 Å². The standard InChI is InChI=1S/C10H15N5O3/c1-6-7(2)14-15-9(12-6)13-10(18)11-5-3-4-8(16)17/h3-5H2,1-2H3,(H,16,17)(H2,11,12,13,15,18). The summed E-state index contributed by atoms with van der Waals surface area (Å²) in [5.41, 5.74) is 1.38. The molecule has 0 aliphatic rings. The van der Waals surface area contributed by atoms with Crippen molar-refractivity contribution in [1.82, 2.24) is 20.5 Å². The average Bonchev–Trinajstić information content (AvgIpc) is 2.29. The summed E-state index contributed by atoms with van der Waals surface area (Å²) in [5.74, 6) is -0.771. The lowest BCUT2D eigenvalue weighted by molar-refractivity contribution is -0.137. The molecule has 2 amide bonds. The summed E-state index contributed by atoms with van der Waals surface area (Å²) >= 11 is 0. The number of hydrogen-bond donors (Lipinski definition) is 3. The molecular formula is C10H15N5O3. The number of aliphatic carboxylic acids is 1. The third-order valence-corrected chi connectivity index (χ3v) is 2.17. The van der Waals surface area contributed by atoms with Gasteiger partial charge in [-0.05, 0) is 20.3 Å². The largest absolute Gasteiger partial charge is 0.481 e. The number of rotatable bonds is 5. The van der Waals surface area contributed by atoms with Gasteiger partial charge in [-0.25, -0.2) is 9.78 Å². The van der Waals surface area contributed by atoms with Crippen LogP contribution in [-0.4, -0.2) is 38.8 Å². The molecule has 0 aliphatic heterocycles. The molecule has 3 N–H and O–H groups in total. The molecule has 0 atom stereocenters. The number of carboxylic acids is 1. The Morgan fingerprint density at radius 2 is 1.94 bits per heavy atom. The molecule has 0 fully saturated rings. The summed E-state index contributed by atoms with van der Waals surface area (Å²) < 4.78 is 0. The molecular weight excluding hydrogens is 238 g/mol. The van der Waals surface area contributed by atoms with Gasteiger partial charge in [-0.1, -0.05) is 0 Å². The van der Waals surface area contributed by atoms with Crippen molar-refractivity contribution < 1.29 is 14.7 Å². The normalized spacial score (nSPS) is 9.89. The van der Waals surface area contributed by atoms with Crippen molar-refractivity contribution in [2.24, 2.45) is 0 Å². The van der Waals surface area contributed by atoms with Gasteiger partial charge in [0.05, 0.1) is 11.4 Å². The SMILES string of the molecule is Cc1nnc(NC(=O)NCCCC(=O)O)nc1C. The molecule has 0 aromatic carbocycles. The van der Waals surface area contributed by atoms with E-state index >= 15 is 0 Å². The van der Waals surface area contributed by atoms with Crippen LogP contribution in [0.4, 0.5) is 10.7 Å². The van der Waals surface area contributed by atoms with Crippen LogP contribution in [0.25, 0.3) is 0 Å². The van der Waals surface area contributed by atoms with E-state index in [1.54, 1.807) is 13.8 Å². The van der Waals surface area contributed by atoms with E-state index in [-0.39, 0.29) is 18.9 Å². The molecule has 0 radical (unpaired) electrons. The number of aromatic nitrogens is 3. The monoisotopic (exact) mass is 253 g/mol. The second kappa shape index (κ2) is 6.48. The molecule has 0 aliphatic carbocycles. The van der Waals surface area contributed by atoms with Crippen LogP contribution in [-0.2, 0) is 4.79 Å². The Labute approximate surface area is 104 Å². The van der Waals surface area contributed by atoms with Crippen LogP contribution >= 0.6 is 0 Å². The third kappa shape index (κ3) is 4.73. The summed E-state index contributed by atoms with van der Waals surface area (Å²) in [7, 11) is 0. The predicted octanol–water partition coefficient (Wildman–Crippen LogP) is 0.475. The molecule has 1 rings (SSSR count). The van der Waals surface area contributed by atoms with E-state index in [2.05, 4.69) is 25.8 Å². The number of aryl methyl sites for hydroxylation is 2. The Bertz CT molecular complexity index is 449. The second-order valence-corrected chi connectivity index (χ2v) is 3.68. The van der Waals surface area contributed by atoms with Crippen molar-refractivity contribution in [3.8, 4) is 0 Å². The zero-order valence-corrected chi connectivity index (χ0v) is 10.2. The van der Waals surface area contributed by atoms with Crippen LogP contribution < -0.4 is 10.6 Å². The molecule has 8 nitrogen and oxygen atoms in total. The lowest BCUT2D eigenvalue weighted by atomic mass is 10.3. The predicted molar refractivity (Wildman–Crippen MR) is 63.2 cm³/mol. The first-order chi connectivity index (χ1) is 8.49. The van der Waals surface area contributed by atoms with E-state index in [1.807, 2.05) is 0 Å². The highest BCUT2D eigenvalue weighted by molar-refractivity contribution is 5.87. The van der Waals surface area contributed by atoms with Crippen LogP contribution in [0.2, 0.25) is 0 Å². The van der Waals surface area contributed by atoms with Gasteiger partial charge in [0.1, 0.15) is 0 Å². The number of carbonyl (C=O) groups is 2. The molecule has 0 saturated heterocycles. The smallest absolute Gasteiger partial charge is 0.321 e. The van der Waals surface area contributed by atoms with Gasteiger partial charge in [-0.2, -0.15) is 5.10 Å². The Morgan fingerprint density at radius 1 is 1.22 bits per heavy atom. The van der Waals surface area contributed by atoms with Gasteiger partial charge in [0.25, 0.3) is 5.95 Å². The van der Waals surface area contributed by atoms with Crippen molar-refractivity contribution in [3.63, 3.8) is 0 Å². The van der Waals surface area contributed by atoms with Crippen molar-refractivity contribution >= 4 is 17.9 Å².